The van der Waals surface area contributed by atoms with E-state index in [2.05, 4.69) is 15.0 Å². The molecular formula is C23H18ClFN4O2. The van der Waals surface area contributed by atoms with Gasteiger partial charge in [-0.3, -0.25) is 4.79 Å². The summed E-state index contributed by atoms with van der Waals surface area (Å²) in [6.45, 7) is 0.612. The van der Waals surface area contributed by atoms with Gasteiger partial charge in [0, 0.05) is 42.2 Å². The molecule has 1 aromatic carbocycles. The van der Waals surface area contributed by atoms with Crippen LogP contribution in [0.25, 0.3) is 11.4 Å². The molecule has 3 aliphatic rings. The molecule has 1 spiro atoms. The lowest BCUT2D eigenvalue weighted by Gasteiger charge is -2.47. The number of aromatic nitrogens is 3. The number of piperidine rings is 1. The van der Waals surface area contributed by atoms with Crippen LogP contribution in [-0.4, -0.2) is 44.4 Å². The number of pyridine rings is 1. The molecule has 31 heavy (non-hydrogen) atoms. The van der Waals surface area contributed by atoms with Gasteiger partial charge in [-0.05, 0) is 37.0 Å². The van der Waals surface area contributed by atoms with Gasteiger partial charge in [-0.1, -0.05) is 23.7 Å². The Hall–Kier alpha value is -3.06. The fraction of sp³-hybridized carbons (Fsp3) is 0.304. The molecule has 0 bridgehead atoms. The Morgan fingerprint density at radius 1 is 1.13 bits per heavy atom. The number of ether oxygens (including phenoxy) is 1. The lowest BCUT2D eigenvalue weighted by atomic mass is 9.73. The number of halogens is 2. The number of rotatable bonds is 4. The van der Waals surface area contributed by atoms with Crippen LogP contribution in [0.15, 0.2) is 55.0 Å². The number of benzene rings is 1. The van der Waals surface area contributed by atoms with Crippen LogP contribution in [-0.2, 0) is 0 Å². The topological polar surface area (TPSA) is 68.2 Å². The normalized spacial score (nSPS) is 27.8. The van der Waals surface area contributed by atoms with Gasteiger partial charge in [0.2, 0.25) is 5.88 Å². The van der Waals surface area contributed by atoms with Gasteiger partial charge >= 0.3 is 0 Å². The van der Waals surface area contributed by atoms with E-state index in [0.717, 1.165) is 12.8 Å². The van der Waals surface area contributed by atoms with E-state index < -0.39 is 5.82 Å². The molecular weight excluding hydrogens is 419 g/mol. The Balaban J connectivity index is 1.32. The quantitative estimate of drug-likeness (QED) is 0.618. The average molecular weight is 437 g/mol. The molecule has 2 aromatic heterocycles. The van der Waals surface area contributed by atoms with Crippen molar-refractivity contribution in [2.45, 2.75) is 25.0 Å². The third kappa shape index (κ3) is 2.83. The molecule has 4 atom stereocenters. The molecule has 6 rings (SSSR count). The number of hydrogen-bond acceptors (Lipinski definition) is 5. The Morgan fingerprint density at radius 2 is 1.97 bits per heavy atom. The van der Waals surface area contributed by atoms with E-state index in [1.807, 2.05) is 0 Å². The summed E-state index contributed by atoms with van der Waals surface area (Å²) in [6.07, 6.45) is 6.48. The van der Waals surface area contributed by atoms with E-state index in [4.69, 9.17) is 16.3 Å². The zero-order valence-electron chi connectivity index (χ0n) is 16.4. The summed E-state index contributed by atoms with van der Waals surface area (Å²) >= 11 is 5.91. The largest absolute Gasteiger partial charge is 0.472 e. The summed E-state index contributed by atoms with van der Waals surface area (Å²) in [5.74, 6) is 0.346. The zero-order chi connectivity index (χ0) is 21.2. The summed E-state index contributed by atoms with van der Waals surface area (Å²) in [6, 6.07) is 9.60. The van der Waals surface area contributed by atoms with Crippen molar-refractivity contribution in [1.29, 1.82) is 0 Å². The van der Waals surface area contributed by atoms with Crippen LogP contribution in [0.3, 0.4) is 0 Å². The van der Waals surface area contributed by atoms with Crippen molar-refractivity contribution in [3.05, 3.63) is 71.4 Å². The van der Waals surface area contributed by atoms with Crippen molar-refractivity contribution >= 4 is 17.5 Å². The van der Waals surface area contributed by atoms with Crippen LogP contribution in [0.1, 0.15) is 23.2 Å². The van der Waals surface area contributed by atoms with Crippen molar-refractivity contribution in [3.8, 4) is 17.3 Å². The van der Waals surface area contributed by atoms with Gasteiger partial charge in [0.05, 0.1) is 16.6 Å². The number of nitrogens with zero attached hydrogens (tertiary/aromatic N) is 4. The summed E-state index contributed by atoms with van der Waals surface area (Å²) in [7, 11) is 0. The smallest absolute Gasteiger partial charge is 0.257 e. The average Bonchev–Trinajstić information content (AvgIpc) is 3.43. The van der Waals surface area contributed by atoms with Crippen LogP contribution < -0.4 is 4.74 Å². The van der Waals surface area contributed by atoms with Crippen LogP contribution >= 0.6 is 11.6 Å². The van der Waals surface area contributed by atoms with Gasteiger partial charge in [-0.25, -0.2) is 19.3 Å². The van der Waals surface area contributed by atoms with Crippen molar-refractivity contribution in [3.63, 3.8) is 0 Å². The molecule has 2 aliphatic carbocycles. The van der Waals surface area contributed by atoms with Crippen LogP contribution in [0.5, 0.6) is 5.88 Å². The highest BCUT2D eigenvalue weighted by molar-refractivity contribution is 6.30. The van der Waals surface area contributed by atoms with E-state index in [-0.39, 0.29) is 29.0 Å². The van der Waals surface area contributed by atoms with E-state index in [1.165, 1.54) is 12.3 Å². The Bertz CT molecular complexity index is 1180. The molecule has 4 unspecified atom stereocenters. The first-order valence-electron chi connectivity index (χ1n) is 10.2. The van der Waals surface area contributed by atoms with Gasteiger partial charge in [0.25, 0.3) is 5.91 Å². The maximum absolute atomic E-state index is 14.9. The molecule has 8 heteroatoms. The molecule has 0 N–H and O–H groups in total. The number of hydrogen-bond donors (Lipinski definition) is 0. The highest BCUT2D eigenvalue weighted by atomic mass is 35.5. The Kier molecular flexibility index (Phi) is 4.05. The van der Waals surface area contributed by atoms with Gasteiger partial charge in [-0.15, -0.1) is 0 Å². The standard InChI is InChI=1S/C23H18ClFN4O2/c24-14-5-6-18(28-11-14)31-17-10-23-9-13(23)12-29(20(17)23)22(30)19-15(3-1-4-16(19)25)21-26-7-2-8-27-21/h1-8,11,13,17,20H,9-10,12H2. The monoisotopic (exact) mass is 436 g/mol. The third-order valence-corrected chi connectivity index (χ3v) is 7.05. The summed E-state index contributed by atoms with van der Waals surface area (Å²) in [4.78, 5) is 28.0. The first-order chi connectivity index (χ1) is 15.1. The minimum absolute atomic E-state index is 0.0143. The van der Waals surface area contributed by atoms with Gasteiger partial charge < -0.3 is 9.64 Å². The van der Waals surface area contributed by atoms with Crippen LogP contribution in [0, 0.1) is 17.2 Å². The fourth-order valence-corrected chi connectivity index (χ4v) is 5.46. The lowest BCUT2D eigenvalue weighted by Crippen LogP contribution is -2.59. The predicted molar refractivity (Wildman–Crippen MR) is 111 cm³/mol. The van der Waals surface area contributed by atoms with Crippen LogP contribution in [0.2, 0.25) is 5.02 Å². The highest BCUT2D eigenvalue weighted by Crippen LogP contribution is 2.71. The second-order valence-corrected chi connectivity index (χ2v) is 8.88. The minimum atomic E-state index is -0.569. The van der Waals surface area contributed by atoms with Gasteiger partial charge in [0.15, 0.2) is 5.82 Å². The molecule has 2 saturated carbocycles. The summed E-state index contributed by atoms with van der Waals surface area (Å²) in [5.41, 5.74) is 0.512. The first kappa shape index (κ1) is 18.7. The molecule has 156 valence electrons. The molecule has 3 fully saturated rings. The molecule has 3 heterocycles. The predicted octanol–water partition coefficient (Wildman–Crippen LogP) is 4.01. The van der Waals surface area contributed by atoms with Crippen molar-refractivity contribution in [2.24, 2.45) is 11.3 Å². The number of carbonyl (C=O) groups is 1. The zero-order valence-corrected chi connectivity index (χ0v) is 17.2. The van der Waals surface area contributed by atoms with Crippen LogP contribution in [0.4, 0.5) is 4.39 Å². The Morgan fingerprint density at radius 3 is 2.74 bits per heavy atom. The van der Waals surface area contributed by atoms with Crippen molar-refractivity contribution in [1.82, 2.24) is 19.9 Å². The maximum Gasteiger partial charge on any atom is 0.257 e. The minimum Gasteiger partial charge on any atom is -0.472 e. The molecule has 6 nitrogen and oxygen atoms in total. The summed E-state index contributed by atoms with van der Waals surface area (Å²) in [5, 5.41) is 0.535. The molecule has 1 aliphatic heterocycles. The first-order valence-corrected chi connectivity index (χ1v) is 10.6. The second-order valence-electron chi connectivity index (χ2n) is 8.45. The number of likely N-dealkylation sites (tertiary alicyclic amines) is 1. The molecule has 3 aromatic rings. The van der Waals surface area contributed by atoms with Crippen molar-refractivity contribution in [2.75, 3.05) is 6.54 Å². The molecule has 1 amide bonds. The maximum atomic E-state index is 14.9. The van der Waals surface area contributed by atoms with E-state index >= 15 is 0 Å². The summed E-state index contributed by atoms with van der Waals surface area (Å²) < 4.78 is 21.0. The number of carbonyl (C=O) groups excluding carboxylic acids is 1. The van der Waals surface area contributed by atoms with Crippen molar-refractivity contribution < 1.29 is 13.9 Å². The molecule has 1 saturated heterocycles. The van der Waals surface area contributed by atoms with E-state index in [1.54, 1.807) is 47.6 Å². The SMILES string of the molecule is O=C(c1c(F)cccc1-c1ncccn1)N1CC2CC23CC(Oc2ccc(Cl)cn2)C13. The van der Waals surface area contributed by atoms with E-state index in [9.17, 15) is 9.18 Å². The van der Waals surface area contributed by atoms with Gasteiger partial charge in [0.1, 0.15) is 11.9 Å². The lowest BCUT2D eigenvalue weighted by molar-refractivity contribution is -0.0346. The molecule has 0 radical (unpaired) electrons. The number of amides is 1. The Labute approximate surface area is 183 Å². The van der Waals surface area contributed by atoms with Gasteiger partial charge in [-0.2, -0.15) is 0 Å². The van der Waals surface area contributed by atoms with E-state index in [0.29, 0.717) is 34.8 Å². The second kappa shape index (κ2) is 6.72. The highest BCUT2D eigenvalue weighted by Gasteiger charge is 2.76. The fourth-order valence-electron chi connectivity index (χ4n) is 5.35. The third-order valence-electron chi connectivity index (χ3n) is 6.82.